The first-order valence-electron chi connectivity index (χ1n) is 19.9. The van der Waals surface area contributed by atoms with Crippen molar-refractivity contribution in [2.24, 2.45) is 47.3 Å². The number of aliphatic hydroxyl groups excluding tert-OH is 4. The van der Waals surface area contributed by atoms with E-state index in [1.165, 1.54) is 0 Å². The summed E-state index contributed by atoms with van der Waals surface area (Å²) in [5, 5.41) is 36.4. The van der Waals surface area contributed by atoms with E-state index < -0.39 is 30.5 Å². The molecule has 0 spiro atoms. The van der Waals surface area contributed by atoms with Gasteiger partial charge in [-0.1, -0.05) is 69.2 Å². The third kappa shape index (κ3) is 18.1. The fourth-order valence-electron chi connectivity index (χ4n) is 8.14. The summed E-state index contributed by atoms with van der Waals surface area (Å²) in [6.07, 6.45) is -0.175. The first-order valence-corrected chi connectivity index (χ1v) is 19.9. The summed E-state index contributed by atoms with van der Waals surface area (Å²) >= 11 is 0. The summed E-state index contributed by atoms with van der Waals surface area (Å²) in [6.45, 7) is 33.3. The molecule has 5 rings (SSSR count). The molecule has 5 saturated heterocycles. The third-order valence-electron chi connectivity index (χ3n) is 13.4. The minimum Gasteiger partial charge on any atom is -0.394 e. The number of ether oxygens (including phenoxy) is 6. The Balaban J connectivity index is -0.000000628. The molecule has 5 heterocycles. The Kier molecular flexibility index (Phi) is 36.9. The maximum Gasteiger partial charge on any atom is 0.155 e. The van der Waals surface area contributed by atoms with Crippen LogP contribution in [-0.4, -0.2) is 113 Å². The van der Waals surface area contributed by atoms with E-state index in [0.717, 1.165) is 36.5 Å². The molecule has 4 radical (unpaired) electrons. The molecular weight excluding hydrogens is 1550 g/mol. The number of hydrogen-bond acceptors (Lipinski definition) is 10. The number of rotatable bonds is 3. The predicted molar refractivity (Wildman–Crippen MR) is 197 cm³/mol. The van der Waals surface area contributed by atoms with E-state index in [1.54, 1.807) is 6.92 Å². The zero-order valence-corrected chi connectivity index (χ0v) is 55.5. The summed E-state index contributed by atoms with van der Waals surface area (Å²) in [7, 11) is 0. The molecule has 5 aliphatic rings. The second-order valence-electron chi connectivity index (χ2n) is 16.4. The molecule has 5 aliphatic heterocycles. The maximum absolute atomic E-state index is 9.23. The van der Waals surface area contributed by atoms with Gasteiger partial charge in [-0.25, -0.2) is 0 Å². The van der Waals surface area contributed by atoms with Crippen molar-refractivity contribution in [1.29, 1.82) is 0 Å². The van der Waals surface area contributed by atoms with Crippen LogP contribution in [0, 0.1) is 224 Å². The van der Waals surface area contributed by atoms with E-state index in [9.17, 15) is 15.3 Å². The van der Waals surface area contributed by atoms with Gasteiger partial charge in [0.15, 0.2) is 6.29 Å². The van der Waals surface area contributed by atoms with Gasteiger partial charge in [-0.3, -0.25) is 0 Å². The average molecular weight is 1630 g/mol. The Labute approximate surface area is 473 Å². The van der Waals surface area contributed by atoms with Gasteiger partial charge in [0.1, 0.15) is 30.5 Å². The second-order valence-corrected chi connectivity index (χ2v) is 16.4. The monoisotopic (exact) mass is 1630 g/mol. The quantitative estimate of drug-likeness (QED) is 0.273. The Morgan fingerprint density at radius 1 is 0.426 bits per heavy atom. The molecule has 0 amide bonds. The van der Waals surface area contributed by atoms with Crippen LogP contribution in [0.15, 0.2) is 0 Å². The molecule has 21 atom stereocenters. The van der Waals surface area contributed by atoms with Crippen LogP contribution in [0.1, 0.15) is 117 Å². The molecule has 0 bridgehead atoms. The third-order valence-corrected chi connectivity index (χ3v) is 13.4. The van der Waals surface area contributed by atoms with Crippen LogP contribution in [0.3, 0.4) is 0 Å². The van der Waals surface area contributed by atoms with Gasteiger partial charge in [-0.15, -0.1) is 0 Å². The molecule has 14 heteroatoms. The minimum atomic E-state index is -1.24. The van der Waals surface area contributed by atoms with Crippen LogP contribution in [0.5, 0.6) is 0 Å². The van der Waals surface area contributed by atoms with Crippen molar-refractivity contribution in [3.63, 3.8) is 0 Å². The van der Waals surface area contributed by atoms with Gasteiger partial charge < -0.3 is 48.8 Å². The number of aliphatic hydroxyl groups is 4. The predicted octanol–water partition coefficient (Wildman–Crippen LogP) is 5.84. The molecular formula is C40H78Ac4O10. The molecule has 0 aromatic heterocycles. The van der Waals surface area contributed by atoms with Crippen molar-refractivity contribution >= 4 is 0 Å². The van der Waals surface area contributed by atoms with Crippen molar-refractivity contribution in [3.8, 4) is 0 Å². The summed E-state index contributed by atoms with van der Waals surface area (Å²) in [6, 6.07) is 0. The van der Waals surface area contributed by atoms with E-state index in [0.29, 0.717) is 60.8 Å². The van der Waals surface area contributed by atoms with Gasteiger partial charge in [-0.05, 0) is 94.8 Å². The minimum absolute atomic E-state index is 0. The van der Waals surface area contributed by atoms with E-state index in [4.69, 9.17) is 33.5 Å². The van der Waals surface area contributed by atoms with E-state index >= 15 is 0 Å². The zero-order valence-electron chi connectivity index (χ0n) is 36.5. The smallest absolute Gasteiger partial charge is 0.155 e. The summed E-state index contributed by atoms with van der Waals surface area (Å²) in [5.41, 5.74) is 0. The molecule has 21 unspecified atom stereocenters. The first kappa shape index (κ1) is 63.7. The van der Waals surface area contributed by atoms with Crippen molar-refractivity contribution < 1.29 is 225 Å². The van der Waals surface area contributed by atoms with Gasteiger partial charge >= 0.3 is 0 Å². The van der Waals surface area contributed by atoms with Crippen molar-refractivity contribution in [2.75, 3.05) is 13.2 Å². The van der Waals surface area contributed by atoms with Crippen LogP contribution in [0.4, 0.5) is 0 Å². The topological polar surface area (TPSA) is 136 Å². The van der Waals surface area contributed by atoms with Gasteiger partial charge in [0, 0.05) is 176 Å². The molecule has 310 valence electrons. The molecule has 10 nitrogen and oxygen atoms in total. The van der Waals surface area contributed by atoms with Crippen LogP contribution in [-0.2, 0) is 28.4 Å². The first-order chi connectivity index (χ1) is 23.3. The van der Waals surface area contributed by atoms with E-state index in [1.807, 2.05) is 6.92 Å². The second kappa shape index (κ2) is 31.3. The van der Waals surface area contributed by atoms with Gasteiger partial charge in [0.2, 0.25) is 0 Å². The van der Waals surface area contributed by atoms with Crippen LogP contribution >= 0.6 is 0 Å². The van der Waals surface area contributed by atoms with Crippen LogP contribution in [0.2, 0.25) is 0 Å². The normalized spacial score (nSPS) is 46.8. The zero-order chi connectivity index (χ0) is 38.2. The number of fused-ring (bicyclic) bond motifs is 1. The Morgan fingerprint density at radius 2 is 0.815 bits per heavy atom. The van der Waals surface area contributed by atoms with Crippen molar-refractivity contribution in [1.82, 2.24) is 0 Å². The van der Waals surface area contributed by atoms with Gasteiger partial charge in [0.05, 0.1) is 55.9 Å². The Hall–Kier alpha value is 5.37. The summed E-state index contributed by atoms with van der Waals surface area (Å²) < 4.78 is 34.0. The van der Waals surface area contributed by atoms with Crippen molar-refractivity contribution in [2.45, 2.75) is 196 Å². The van der Waals surface area contributed by atoms with E-state index in [-0.39, 0.29) is 201 Å². The molecule has 0 aromatic rings. The standard InChI is InChI=1S/C11H20O3.2C11H22O.C7H14O5.4Ac/c1-6-7(2)11-10(13-8(6)3)5-12-9(4)14-11;2*1-6-11-9(4)7(2)8(3)10(5)12-11;1-3-5(9)7(11)6(10)4(2-8)12-3;;;;/h6-11H,5H2,1-4H3;2*7-11H,6H2,1-5H3;3-11H,2H2,1H3;;;;. The molecule has 0 saturated carbocycles. The van der Waals surface area contributed by atoms with Crippen LogP contribution < -0.4 is 0 Å². The number of hydrogen-bond donors (Lipinski definition) is 4. The maximum atomic E-state index is 9.23. The molecule has 4 N–H and O–H groups in total. The molecule has 5 fully saturated rings. The largest absolute Gasteiger partial charge is 0.394 e. The summed E-state index contributed by atoms with van der Waals surface area (Å²) in [5.74, 6) is 5.59. The van der Waals surface area contributed by atoms with E-state index in [2.05, 4.69) is 90.0 Å². The fraction of sp³-hybridized carbons (Fsp3) is 1.00. The fourth-order valence-corrected chi connectivity index (χ4v) is 8.14. The molecule has 0 aliphatic carbocycles. The van der Waals surface area contributed by atoms with Gasteiger partial charge in [0.25, 0.3) is 0 Å². The Bertz CT molecular complexity index is 863. The van der Waals surface area contributed by atoms with Crippen molar-refractivity contribution in [3.05, 3.63) is 0 Å². The van der Waals surface area contributed by atoms with Crippen LogP contribution in [0.25, 0.3) is 0 Å². The Morgan fingerprint density at radius 3 is 1.22 bits per heavy atom. The average Bonchev–Trinajstić information content (AvgIpc) is 3.10. The SMILES string of the molecule is CC1OC(CO)C(O)C(O)C1O.CC1OCC2OC(C)C(C)C(C)C2O1.CCC1OC(C)C(C)C(C)C1C.CCC1OC(C)C(C)C(C)C1C.[Ac].[Ac].[Ac].[Ac]. The molecule has 54 heavy (non-hydrogen) atoms. The van der Waals surface area contributed by atoms with Gasteiger partial charge in [-0.2, -0.15) is 0 Å². The summed E-state index contributed by atoms with van der Waals surface area (Å²) in [4.78, 5) is 0. The molecule has 0 aromatic carbocycles.